The first-order valence-corrected chi connectivity index (χ1v) is 5.37. The molecule has 0 nitrogen and oxygen atoms in total. The molecular formula is C13H19. The molecule has 0 bridgehead atoms. The van der Waals surface area contributed by atoms with Crippen molar-refractivity contribution in [1.82, 2.24) is 0 Å². The molecule has 0 heteroatoms. The molecule has 0 atom stereocenters. The van der Waals surface area contributed by atoms with Gasteiger partial charge in [-0.3, -0.25) is 0 Å². The van der Waals surface area contributed by atoms with E-state index in [1.54, 1.807) is 0 Å². The summed E-state index contributed by atoms with van der Waals surface area (Å²) in [5.41, 5.74) is 0. The molecule has 0 fully saturated rings. The summed E-state index contributed by atoms with van der Waals surface area (Å²) in [7, 11) is 0. The lowest BCUT2D eigenvalue weighted by atomic mass is 10.1. The summed E-state index contributed by atoms with van der Waals surface area (Å²) in [6, 6.07) is 0. The maximum atomic E-state index is 3.29. The highest BCUT2D eigenvalue weighted by Crippen LogP contribution is 2.07. The van der Waals surface area contributed by atoms with E-state index in [9.17, 15) is 0 Å². The first-order chi connectivity index (χ1) is 6.50. The Bertz CT molecular complexity index is 184. The van der Waals surface area contributed by atoms with Crippen molar-refractivity contribution in [3.8, 4) is 0 Å². The van der Waals surface area contributed by atoms with E-state index in [1.165, 1.54) is 32.1 Å². The van der Waals surface area contributed by atoms with Crippen LogP contribution in [0.1, 0.15) is 44.9 Å². The lowest BCUT2D eigenvalue weighted by Gasteiger charge is -1.95. The molecule has 0 aromatic rings. The van der Waals surface area contributed by atoms with Gasteiger partial charge in [0.15, 0.2) is 0 Å². The third-order valence-corrected chi connectivity index (χ3v) is 2.23. The summed E-state index contributed by atoms with van der Waals surface area (Å²) in [5, 5.41) is 0. The Kier molecular flexibility index (Phi) is 6.22. The van der Waals surface area contributed by atoms with Crippen molar-refractivity contribution < 1.29 is 0 Å². The van der Waals surface area contributed by atoms with Crippen LogP contribution in [0.15, 0.2) is 30.4 Å². The molecule has 71 valence electrons. The zero-order chi connectivity index (χ0) is 9.19. The summed E-state index contributed by atoms with van der Waals surface area (Å²) in [6.45, 7) is 0. The minimum absolute atomic E-state index is 1.07. The van der Waals surface area contributed by atoms with Crippen LogP contribution in [0.5, 0.6) is 0 Å². The lowest BCUT2D eigenvalue weighted by molar-refractivity contribution is 0.649. The van der Waals surface area contributed by atoms with E-state index in [2.05, 4.69) is 30.4 Å². The third kappa shape index (κ3) is 6.39. The Labute approximate surface area is 82.0 Å². The Morgan fingerprint density at radius 2 is 1.77 bits per heavy atom. The van der Waals surface area contributed by atoms with Crippen molar-refractivity contribution in [2.24, 2.45) is 0 Å². The first-order valence-electron chi connectivity index (χ1n) is 5.37. The monoisotopic (exact) mass is 175 g/mol. The van der Waals surface area contributed by atoms with Crippen molar-refractivity contribution >= 4 is 0 Å². The lowest BCUT2D eigenvalue weighted by Crippen LogP contribution is -1.76. The second-order valence-electron chi connectivity index (χ2n) is 3.46. The SMILES string of the molecule is [C]1=C/C=C\C/C=C\CCCCCC/1. The average Bonchev–Trinajstić information content (AvgIpc) is 2.18. The molecule has 0 aromatic heterocycles. The van der Waals surface area contributed by atoms with Gasteiger partial charge in [-0.25, -0.2) is 0 Å². The van der Waals surface area contributed by atoms with Gasteiger partial charge in [0, 0.05) is 0 Å². The second kappa shape index (κ2) is 7.85. The highest BCUT2D eigenvalue weighted by atomic mass is 13.9. The molecule has 1 rings (SSSR count). The van der Waals surface area contributed by atoms with Crippen LogP contribution >= 0.6 is 0 Å². The van der Waals surface area contributed by atoms with Gasteiger partial charge in [0.1, 0.15) is 0 Å². The van der Waals surface area contributed by atoms with Gasteiger partial charge in [-0.1, -0.05) is 43.2 Å². The van der Waals surface area contributed by atoms with Gasteiger partial charge in [-0.2, -0.15) is 0 Å². The molecule has 0 saturated carbocycles. The molecule has 0 aromatic carbocycles. The van der Waals surface area contributed by atoms with Gasteiger partial charge in [-0.05, 0) is 38.2 Å². The second-order valence-corrected chi connectivity index (χ2v) is 3.46. The minimum atomic E-state index is 1.07. The zero-order valence-corrected chi connectivity index (χ0v) is 8.34. The van der Waals surface area contributed by atoms with Crippen LogP contribution in [-0.2, 0) is 0 Å². The third-order valence-electron chi connectivity index (χ3n) is 2.23. The Balaban J connectivity index is 2.29. The van der Waals surface area contributed by atoms with E-state index in [-0.39, 0.29) is 0 Å². The van der Waals surface area contributed by atoms with Crippen molar-refractivity contribution in [2.45, 2.75) is 44.9 Å². The zero-order valence-electron chi connectivity index (χ0n) is 8.34. The molecule has 0 amide bonds. The molecule has 0 aliphatic heterocycles. The summed E-state index contributed by atoms with van der Waals surface area (Å²) >= 11 is 0. The number of allylic oxidation sites excluding steroid dienone is 6. The van der Waals surface area contributed by atoms with Gasteiger partial charge in [0.2, 0.25) is 0 Å². The van der Waals surface area contributed by atoms with Gasteiger partial charge in [-0.15, -0.1) is 0 Å². The summed E-state index contributed by atoms with van der Waals surface area (Å²) in [5.74, 6) is 0. The number of hydrogen-bond donors (Lipinski definition) is 0. The predicted molar refractivity (Wildman–Crippen MR) is 58.4 cm³/mol. The van der Waals surface area contributed by atoms with E-state index < -0.39 is 0 Å². The molecule has 1 aliphatic carbocycles. The summed E-state index contributed by atoms with van der Waals surface area (Å²) in [6.07, 6.45) is 23.0. The van der Waals surface area contributed by atoms with Crippen molar-refractivity contribution in [1.29, 1.82) is 0 Å². The highest BCUT2D eigenvalue weighted by molar-refractivity contribution is 5.02. The Morgan fingerprint density at radius 1 is 0.846 bits per heavy atom. The van der Waals surface area contributed by atoms with Crippen LogP contribution in [0.25, 0.3) is 0 Å². The summed E-state index contributed by atoms with van der Waals surface area (Å²) < 4.78 is 0. The van der Waals surface area contributed by atoms with Gasteiger partial charge in [0.05, 0.1) is 0 Å². The molecule has 1 radical (unpaired) electrons. The van der Waals surface area contributed by atoms with E-state index >= 15 is 0 Å². The standard InChI is InChI=1S/C13H19/c1-2-4-6-8-10-12-13-11-9-7-5-3-1/h1-3,6,8H,4,7,9-13H2/b2-1-,5-3?,8-6-. The molecule has 0 heterocycles. The molecule has 0 unspecified atom stereocenters. The maximum absolute atomic E-state index is 3.29. The predicted octanol–water partition coefficient (Wildman–Crippen LogP) is 4.20. The molecule has 1 aliphatic rings. The van der Waals surface area contributed by atoms with E-state index in [0.717, 1.165) is 12.8 Å². The number of hydrogen-bond acceptors (Lipinski definition) is 0. The quantitative estimate of drug-likeness (QED) is 0.484. The molecule has 13 heavy (non-hydrogen) atoms. The fourth-order valence-electron chi connectivity index (χ4n) is 1.43. The normalized spacial score (nSPS) is 27.7. The maximum Gasteiger partial charge on any atom is -0.0166 e. The van der Waals surface area contributed by atoms with Crippen LogP contribution in [-0.4, -0.2) is 0 Å². The van der Waals surface area contributed by atoms with Crippen molar-refractivity contribution in [2.75, 3.05) is 0 Å². The minimum Gasteiger partial charge on any atom is -0.0882 e. The largest absolute Gasteiger partial charge is 0.0882 e. The fraction of sp³-hybridized carbons (Fsp3) is 0.538. The van der Waals surface area contributed by atoms with Gasteiger partial charge >= 0.3 is 0 Å². The van der Waals surface area contributed by atoms with E-state index in [0.29, 0.717) is 0 Å². The molecule has 0 N–H and O–H groups in total. The van der Waals surface area contributed by atoms with Crippen LogP contribution in [0.2, 0.25) is 0 Å². The fourth-order valence-corrected chi connectivity index (χ4v) is 1.43. The van der Waals surface area contributed by atoms with Crippen molar-refractivity contribution in [3.05, 3.63) is 36.5 Å². The van der Waals surface area contributed by atoms with Crippen LogP contribution in [0.3, 0.4) is 0 Å². The number of rotatable bonds is 0. The van der Waals surface area contributed by atoms with Crippen LogP contribution in [0.4, 0.5) is 0 Å². The highest BCUT2D eigenvalue weighted by Gasteiger charge is 1.87. The van der Waals surface area contributed by atoms with Crippen molar-refractivity contribution in [3.63, 3.8) is 0 Å². The molecule has 0 saturated heterocycles. The Morgan fingerprint density at radius 3 is 2.77 bits per heavy atom. The van der Waals surface area contributed by atoms with E-state index in [4.69, 9.17) is 0 Å². The molecular weight excluding hydrogens is 156 g/mol. The van der Waals surface area contributed by atoms with Crippen LogP contribution in [0, 0.1) is 6.08 Å². The molecule has 0 spiro atoms. The van der Waals surface area contributed by atoms with Gasteiger partial charge in [0.25, 0.3) is 0 Å². The topological polar surface area (TPSA) is 0 Å². The Hall–Kier alpha value is -0.780. The average molecular weight is 175 g/mol. The first kappa shape index (κ1) is 10.3. The summed E-state index contributed by atoms with van der Waals surface area (Å²) in [4.78, 5) is 0. The van der Waals surface area contributed by atoms with E-state index in [1.807, 2.05) is 6.08 Å². The van der Waals surface area contributed by atoms with Crippen LogP contribution < -0.4 is 0 Å². The van der Waals surface area contributed by atoms with Gasteiger partial charge < -0.3 is 0 Å². The smallest absolute Gasteiger partial charge is 0.0166 e.